The summed E-state index contributed by atoms with van der Waals surface area (Å²) < 4.78 is 53.3. The number of phosphoric ester groups is 1. The number of hydrogen-bond donors (Lipinski definition) is 7. The van der Waals surface area contributed by atoms with Gasteiger partial charge in [0, 0.05) is 6.07 Å². The van der Waals surface area contributed by atoms with Gasteiger partial charge in [0.15, 0.2) is 6.33 Å². The van der Waals surface area contributed by atoms with Gasteiger partial charge in [-0.15, -0.1) is 0 Å². The Balaban J connectivity index is 1.82. The molecule has 0 aromatic carbocycles. The molecule has 2 aromatic rings. The molecule has 2 aromatic heterocycles. The maximum absolute atomic E-state index is 12.0. The highest BCUT2D eigenvalue weighted by molar-refractivity contribution is 7.66. The lowest BCUT2D eigenvalue weighted by Gasteiger charge is -2.20. The highest BCUT2D eigenvalue weighted by Gasteiger charge is 2.51. The van der Waals surface area contributed by atoms with Crippen LogP contribution in [0.1, 0.15) is 6.23 Å². The van der Waals surface area contributed by atoms with E-state index in [1.54, 1.807) is 0 Å². The van der Waals surface area contributed by atoms with Crippen molar-refractivity contribution >= 4 is 34.6 Å². The third-order valence-corrected chi connectivity index (χ3v) is 7.74. The van der Waals surface area contributed by atoms with Crippen LogP contribution >= 0.6 is 23.5 Å². The van der Waals surface area contributed by atoms with Gasteiger partial charge in [-0.1, -0.05) is 0 Å². The normalized spacial score (nSPS) is 28.5. The van der Waals surface area contributed by atoms with Crippen molar-refractivity contribution in [3.8, 4) is 0 Å². The van der Waals surface area contributed by atoms with E-state index >= 15 is 0 Å². The number of ether oxygens (including phenoxy) is 1. The van der Waals surface area contributed by atoms with Gasteiger partial charge in [0.05, 0.1) is 13.2 Å². The Morgan fingerprint density at radius 2 is 1.74 bits per heavy atom. The number of imidazole rings is 1. The molecule has 0 radical (unpaired) electrons. The minimum atomic E-state index is -5.78. The minimum Gasteiger partial charge on any atom is -0.385 e. The summed E-state index contributed by atoms with van der Waals surface area (Å²) in [5, 5.41) is 20.4. The van der Waals surface area contributed by atoms with Gasteiger partial charge >= 0.3 is 23.5 Å². The Kier molecular flexibility index (Phi) is 6.48. The predicted molar refractivity (Wildman–Crippen MR) is 94.6 cm³/mol. The van der Waals surface area contributed by atoms with Crippen molar-refractivity contribution in [1.82, 2.24) is 9.55 Å². The van der Waals surface area contributed by atoms with Gasteiger partial charge in [-0.25, -0.2) is 18.3 Å². The lowest BCUT2D eigenvalue weighted by molar-refractivity contribution is -0.747. The number of nitrogens with zero attached hydrogens (tertiary/aromatic N) is 2. The molecule has 174 valence electrons. The van der Waals surface area contributed by atoms with Gasteiger partial charge < -0.3 is 34.5 Å². The fourth-order valence-electron chi connectivity index (χ4n) is 2.87. The molecule has 7 N–H and O–H groups in total. The number of fused-ring (bicyclic) bond motifs is 1. The van der Waals surface area contributed by atoms with E-state index in [0.717, 1.165) is 0 Å². The zero-order chi connectivity index (χ0) is 23.4. The van der Waals surface area contributed by atoms with E-state index in [0.29, 0.717) is 0 Å². The Morgan fingerprint density at radius 1 is 1.10 bits per heavy atom. The summed E-state index contributed by atoms with van der Waals surface area (Å²) >= 11 is 0. The number of aliphatic hydroxyl groups is 2. The van der Waals surface area contributed by atoms with Crippen molar-refractivity contribution in [3.63, 3.8) is 0 Å². The Morgan fingerprint density at radius 3 is 2.35 bits per heavy atom. The number of aromatic nitrogens is 3. The average Bonchev–Trinajstić information content (AvgIpc) is 3.04. The van der Waals surface area contributed by atoms with Gasteiger partial charge in [0.1, 0.15) is 12.2 Å². The molecule has 3 heterocycles. The van der Waals surface area contributed by atoms with Crippen molar-refractivity contribution < 1.29 is 65.9 Å². The summed E-state index contributed by atoms with van der Waals surface area (Å²) in [6.45, 7) is 0. The largest absolute Gasteiger partial charge is 0.490 e. The molecule has 1 saturated heterocycles. The minimum absolute atomic E-state index is 0.158. The van der Waals surface area contributed by atoms with Crippen LogP contribution in [0.4, 0.5) is 0 Å². The van der Waals surface area contributed by atoms with Crippen LogP contribution in [-0.2, 0) is 38.6 Å². The molecule has 0 amide bonds. The molecule has 0 aliphatic carbocycles. The van der Waals surface area contributed by atoms with Crippen LogP contribution in [0.25, 0.3) is 11.2 Å². The molecule has 0 saturated carbocycles. The summed E-state index contributed by atoms with van der Waals surface area (Å²) in [6.07, 6.45) is -4.72. The van der Waals surface area contributed by atoms with E-state index in [4.69, 9.17) is 19.4 Å². The van der Waals surface area contributed by atoms with Crippen LogP contribution in [0.2, 0.25) is 0 Å². The maximum atomic E-state index is 12.0. The zero-order valence-corrected chi connectivity index (χ0v) is 17.9. The molecule has 1 aliphatic heterocycles. The van der Waals surface area contributed by atoms with Crippen molar-refractivity contribution in [2.24, 2.45) is 7.05 Å². The summed E-state index contributed by atoms with van der Waals surface area (Å²) in [5.41, 5.74) is -0.0535. The number of aromatic amines is 1. The van der Waals surface area contributed by atoms with Crippen LogP contribution in [0.5, 0.6) is 0 Å². The molecule has 31 heavy (non-hydrogen) atoms. The average molecular weight is 508 g/mol. The van der Waals surface area contributed by atoms with Crippen LogP contribution in [0.15, 0.2) is 23.4 Å². The number of rotatable bonds is 7. The number of phosphoric acid groups is 3. The SMILES string of the molecule is Cn1c[n+](C2OC(OP(=O)(O)OP(=O)(O)OP(=O)(O)O)C(O)C2O)c2[nH]ccc(=O)c21. The van der Waals surface area contributed by atoms with E-state index in [-0.39, 0.29) is 16.6 Å². The number of aliphatic hydroxyl groups excluding tert-OH is 2. The lowest BCUT2D eigenvalue weighted by Crippen LogP contribution is -2.46. The highest BCUT2D eigenvalue weighted by Crippen LogP contribution is 2.66. The Labute approximate surface area is 171 Å². The molecular formula is C11H17N3O14P3+. The van der Waals surface area contributed by atoms with E-state index in [1.165, 1.54) is 34.8 Å². The summed E-state index contributed by atoms with van der Waals surface area (Å²) in [6, 6.07) is 1.24. The molecule has 6 unspecified atom stereocenters. The number of H-pyrrole nitrogens is 1. The fraction of sp³-hybridized carbons (Fsp3) is 0.455. The van der Waals surface area contributed by atoms with E-state index in [2.05, 4.69) is 18.1 Å². The quantitative estimate of drug-likeness (QED) is 0.159. The van der Waals surface area contributed by atoms with E-state index in [1.807, 2.05) is 0 Å². The topological polar surface area (TPSA) is 251 Å². The predicted octanol–water partition coefficient (Wildman–Crippen LogP) is -1.93. The van der Waals surface area contributed by atoms with Crippen molar-refractivity contribution in [1.29, 1.82) is 0 Å². The summed E-state index contributed by atoms with van der Waals surface area (Å²) in [7, 11) is -15.5. The fourth-order valence-corrected chi connectivity index (χ4v) is 5.97. The van der Waals surface area contributed by atoms with E-state index in [9.17, 15) is 33.6 Å². The van der Waals surface area contributed by atoms with Gasteiger partial charge in [0.25, 0.3) is 5.65 Å². The molecule has 1 fully saturated rings. The van der Waals surface area contributed by atoms with Crippen LogP contribution in [0, 0.1) is 0 Å². The number of aryl methyl sites for hydroxylation is 1. The second-order valence-electron chi connectivity index (χ2n) is 6.25. The molecule has 1 aliphatic rings. The molecule has 0 bridgehead atoms. The van der Waals surface area contributed by atoms with Crippen molar-refractivity contribution in [2.75, 3.05) is 0 Å². The highest BCUT2D eigenvalue weighted by atomic mass is 31.3. The molecule has 6 atom stereocenters. The molecule has 17 nitrogen and oxygen atoms in total. The first-order valence-electron chi connectivity index (χ1n) is 8.02. The summed E-state index contributed by atoms with van der Waals surface area (Å²) in [4.78, 5) is 50.6. The first kappa shape index (κ1) is 24.4. The Hall–Kier alpha value is -1.29. The molecule has 20 heteroatoms. The van der Waals surface area contributed by atoms with Gasteiger partial charge in [-0.05, 0) is 0 Å². The molecule has 0 spiro atoms. The molecule has 3 rings (SSSR count). The van der Waals surface area contributed by atoms with Crippen LogP contribution < -0.4 is 10.00 Å². The molecular weight excluding hydrogens is 491 g/mol. The smallest absolute Gasteiger partial charge is 0.385 e. The maximum Gasteiger partial charge on any atom is 0.490 e. The van der Waals surface area contributed by atoms with Gasteiger partial charge in [0.2, 0.25) is 23.5 Å². The lowest BCUT2D eigenvalue weighted by atomic mass is 10.2. The first-order valence-corrected chi connectivity index (χ1v) is 12.5. The second kappa shape index (κ2) is 8.24. The van der Waals surface area contributed by atoms with Crippen LogP contribution in [-0.4, -0.2) is 57.8 Å². The monoisotopic (exact) mass is 508 g/mol. The number of hydrogen-bond acceptors (Lipinski definition) is 10. The Bertz CT molecular complexity index is 1190. The number of nitrogens with one attached hydrogen (secondary N) is 1. The van der Waals surface area contributed by atoms with E-state index < -0.39 is 48.2 Å². The number of pyridine rings is 1. The standard InChI is InChI=1S/C11H16N3O14P3/c1-13-4-14(9-6(13)5(15)2-3-12-9)10-7(16)8(17)11(25-10)26-30(21,22)28-31(23,24)27-29(18,19)20/h2-4,7-8,10-11,16-17H,1H3,(H4-,12,15,18,19,20,21,22,23,24)/p+1. The van der Waals surface area contributed by atoms with Crippen LogP contribution in [0.3, 0.4) is 0 Å². The van der Waals surface area contributed by atoms with Gasteiger partial charge in [-0.3, -0.25) is 18.9 Å². The second-order valence-corrected chi connectivity index (χ2v) is 10.6. The third-order valence-electron chi connectivity index (χ3n) is 3.94. The summed E-state index contributed by atoms with van der Waals surface area (Å²) in [5.74, 6) is 0. The first-order chi connectivity index (χ1) is 14.1. The van der Waals surface area contributed by atoms with Gasteiger partial charge in [-0.2, -0.15) is 8.62 Å². The van der Waals surface area contributed by atoms with Crippen molar-refractivity contribution in [2.45, 2.75) is 24.7 Å². The van der Waals surface area contributed by atoms with Crippen molar-refractivity contribution in [3.05, 3.63) is 28.8 Å². The third kappa shape index (κ3) is 5.38. The zero-order valence-electron chi connectivity index (χ0n) is 15.2.